The summed E-state index contributed by atoms with van der Waals surface area (Å²) < 4.78 is 0. The summed E-state index contributed by atoms with van der Waals surface area (Å²) in [7, 11) is 2.65. The van der Waals surface area contributed by atoms with Crippen LogP contribution in [0.2, 0.25) is 0 Å². The van der Waals surface area contributed by atoms with E-state index in [2.05, 4.69) is 75.2 Å². The van der Waals surface area contributed by atoms with Crippen molar-refractivity contribution in [1.29, 1.82) is 0 Å². The van der Waals surface area contributed by atoms with Gasteiger partial charge in [0.25, 0.3) is 0 Å². The maximum Gasteiger partial charge on any atom is 0.226 e. The van der Waals surface area contributed by atoms with Crippen LogP contribution in [0.15, 0.2) is 0 Å². The van der Waals surface area contributed by atoms with Gasteiger partial charge in [-0.15, -0.1) is 0 Å². The summed E-state index contributed by atoms with van der Waals surface area (Å²) >= 11 is 0. The zero-order chi connectivity index (χ0) is 26.8. The SMILES string of the molecule is CCCCCCCCCC(C)(CCCCCCCCC)C(=O)NC(C)(C)CCC(C)(C)C(C)NP. The minimum atomic E-state index is -0.242. The zero-order valence-corrected chi connectivity index (χ0v) is 26.4. The molecule has 0 aromatic rings. The highest BCUT2D eigenvalue weighted by atomic mass is 31.0. The molecule has 2 unspecified atom stereocenters. The molecule has 0 aromatic heterocycles. The first-order valence-corrected chi connectivity index (χ1v) is 15.8. The molecule has 2 N–H and O–H groups in total. The first-order chi connectivity index (χ1) is 16.4. The van der Waals surface area contributed by atoms with Crippen molar-refractivity contribution >= 4 is 15.3 Å². The number of nitrogens with one attached hydrogen (secondary N) is 2. The fourth-order valence-corrected chi connectivity index (χ4v) is 5.35. The average molecular weight is 513 g/mol. The average Bonchev–Trinajstić information content (AvgIpc) is 2.81. The smallest absolute Gasteiger partial charge is 0.226 e. The van der Waals surface area contributed by atoms with Crippen molar-refractivity contribution in [2.75, 3.05) is 0 Å². The molecule has 0 aromatic carbocycles. The summed E-state index contributed by atoms with van der Waals surface area (Å²) in [4.78, 5) is 13.7. The van der Waals surface area contributed by atoms with Gasteiger partial charge in [0.05, 0.1) is 0 Å². The molecule has 0 spiro atoms. The van der Waals surface area contributed by atoms with Gasteiger partial charge in [-0.1, -0.05) is 134 Å². The van der Waals surface area contributed by atoms with Crippen molar-refractivity contribution in [3.63, 3.8) is 0 Å². The second kappa shape index (κ2) is 19.0. The maximum absolute atomic E-state index is 13.7. The Bertz CT molecular complexity index is 514. The van der Waals surface area contributed by atoms with Crippen LogP contribution in [-0.2, 0) is 4.79 Å². The van der Waals surface area contributed by atoms with Crippen LogP contribution in [0.25, 0.3) is 0 Å². The molecule has 0 fully saturated rings. The molecule has 0 radical (unpaired) electrons. The van der Waals surface area contributed by atoms with Crippen LogP contribution in [-0.4, -0.2) is 17.5 Å². The van der Waals surface area contributed by atoms with Crippen molar-refractivity contribution in [1.82, 2.24) is 10.4 Å². The minimum Gasteiger partial charge on any atom is -0.351 e. The Balaban J connectivity index is 4.90. The Hall–Kier alpha value is -0.140. The third-order valence-corrected chi connectivity index (χ3v) is 8.98. The van der Waals surface area contributed by atoms with Crippen molar-refractivity contribution in [2.24, 2.45) is 10.8 Å². The van der Waals surface area contributed by atoms with E-state index in [1.54, 1.807) is 0 Å². The lowest BCUT2D eigenvalue weighted by Gasteiger charge is -2.38. The van der Waals surface area contributed by atoms with Gasteiger partial charge in [0.2, 0.25) is 5.91 Å². The quantitative estimate of drug-likeness (QED) is 0.106. The highest BCUT2D eigenvalue weighted by Crippen LogP contribution is 2.34. The van der Waals surface area contributed by atoms with Gasteiger partial charge in [0, 0.05) is 17.0 Å². The molecule has 0 heterocycles. The second-order valence-electron chi connectivity index (χ2n) is 13.0. The molecule has 35 heavy (non-hydrogen) atoms. The van der Waals surface area contributed by atoms with Crippen LogP contribution >= 0.6 is 9.39 Å². The van der Waals surface area contributed by atoms with Crippen LogP contribution in [0, 0.1) is 10.8 Å². The highest BCUT2D eigenvalue weighted by Gasteiger charge is 2.36. The van der Waals surface area contributed by atoms with E-state index in [9.17, 15) is 4.79 Å². The Morgan fingerprint density at radius 3 is 1.46 bits per heavy atom. The fraction of sp³-hybridized carbons (Fsp3) is 0.968. The number of amides is 1. The monoisotopic (exact) mass is 512 g/mol. The maximum atomic E-state index is 13.7. The third kappa shape index (κ3) is 16.3. The van der Waals surface area contributed by atoms with Crippen LogP contribution < -0.4 is 10.4 Å². The number of unbranched alkanes of at least 4 members (excludes halogenated alkanes) is 12. The van der Waals surface area contributed by atoms with E-state index in [4.69, 9.17) is 0 Å². The molecule has 0 saturated heterocycles. The predicted molar refractivity (Wildman–Crippen MR) is 161 cm³/mol. The van der Waals surface area contributed by atoms with Crippen LogP contribution in [0.3, 0.4) is 0 Å². The molecule has 2 atom stereocenters. The molecular formula is C31H65N2OP. The summed E-state index contributed by atoms with van der Waals surface area (Å²) in [5, 5.41) is 6.82. The molecule has 4 heteroatoms. The van der Waals surface area contributed by atoms with E-state index >= 15 is 0 Å². The number of carbonyl (C=O) groups is 1. The lowest BCUT2D eigenvalue weighted by atomic mass is 9.76. The van der Waals surface area contributed by atoms with Gasteiger partial charge in [-0.05, 0) is 51.9 Å². The molecule has 3 nitrogen and oxygen atoms in total. The van der Waals surface area contributed by atoms with Gasteiger partial charge in [-0.2, -0.15) is 0 Å². The summed E-state index contributed by atoms with van der Waals surface area (Å²) in [6, 6.07) is 0.416. The molecule has 0 rings (SSSR count). The fourth-order valence-electron chi connectivity index (χ4n) is 4.89. The Morgan fingerprint density at radius 1 is 0.657 bits per heavy atom. The molecule has 0 saturated carbocycles. The Labute approximate surface area is 223 Å². The van der Waals surface area contributed by atoms with E-state index in [1.807, 2.05) is 0 Å². The van der Waals surface area contributed by atoms with E-state index in [-0.39, 0.29) is 22.3 Å². The zero-order valence-electron chi connectivity index (χ0n) is 25.3. The van der Waals surface area contributed by atoms with Crippen molar-refractivity contribution in [2.45, 2.75) is 183 Å². The second-order valence-corrected chi connectivity index (χ2v) is 13.4. The Kier molecular flexibility index (Phi) is 18.9. The van der Waals surface area contributed by atoms with E-state index < -0.39 is 0 Å². The van der Waals surface area contributed by atoms with E-state index in [1.165, 1.54) is 89.9 Å². The van der Waals surface area contributed by atoms with Gasteiger partial charge in [0.15, 0.2) is 0 Å². The molecule has 0 bridgehead atoms. The van der Waals surface area contributed by atoms with Gasteiger partial charge < -0.3 is 5.32 Å². The topological polar surface area (TPSA) is 41.1 Å². The van der Waals surface area contributed by atoms with Gasteiger partial charge >= 0.3 is 0 Å². The van der Waals surface area contributed by atoms with Crippen molar-refractivity contribution < 1.29 is 4.79 Å². The lowest BCUT2D eigenvalue weighted by Crippen LogP contribution is -2.50. The molecular weight excluding hydrogens is 447 g/mol. The standard InChI is InChI=1S/C31H65N2OP/c1-9-11-13-15-17-19-21-23-31(8,24-22-20-18-16-14-12-10-2)28(34)32-30(6,7)26-25-29(4,5)27(3)33-35/h27,33H,9-26,35H2,1-8H3,(H,32,34). The number of hydrogen-bond acceptors (Lipinski definition) is 2. The third-order valence-electron chi connectivity index (χ3n) is 8.48. The molecule has 0 aliphatic heterocycles. The van der Waals surface area contributed by atoms with Crippen LogP contribution in [0.1, 0.15) is 171 Å². The first kappa shape index (κ1) is 34.9. The highest BCUT2D eigenvalue weighted by molar-refractivity contribution is 7.13. The van der Waals surface area contributed by atoms with Crippen molar-refractivity contribution in [3.05, 3.63) is 0 Å². The minimum absolute atomic E-state index is 0.183. The normalized spacial score (nSPS) is 13.7. The van der Waals surface area contributed by atoms with Gasteiger partial charge in [-0.3, -0.25) is 9.88 Å². The van der Waals surface area contributed by atoms with Crippen LogP contribution in [0.4, 0.5) is 0 Å². The Morgan fingerprint density at radius 2 is 1.06 bits per heavy atom. The first-order valence-electron chi connectivity index (χ1n) is 15.2. The largest absolute Gasteiger partial charge is 0.351 e. The number of rotatable bonds is 23. The molecule has 1 amide bonds. The van der Waals surface area contributed by atoms with Gasteiger partial charge in [0.1, 0.15) is 0 Å². The summed E-state index contributed by atoms with van der Waals surface area (Å²) in [6.07, 6.45) is 22.4. The van der Waals surface area contributed by atoms with Crippen molar-refractivity contribution in [3.8, 4) is 0 Å². The predicted octanol–water partition coefficient (Wildman–Crippen LogP) is 9.74. The lowest BCUT2D eigenvalue weighted by molar-refractivity contribution is -0.133. The van der Waals surface area contributed by atoms with Gasteiger partial charge in [-0.25, -0.2) is 0 Å². The number of carbonyl (C=O) groups excluding carboxylic acids is 1. The number of hydrogen-bond donors (Lipinski definition) is 2. The van der Waals surface area contributed by atoms with E-state index in [0.717, 1.165) is 25.7 Å². The summed E-state index contributed by atoms with van der Waals surface area (Å²) in [5.41, 5.74) is -0.242. The summed E-state index contributed by atoms with van der Waals surface area (Å²) in [5.74, 6) is 0.287. The molecule has 210 valence electrons. The molecule has 0 aliphatic carbocycles. The van der Waals surface area contributed by atoms with E-state index in [0.29, 0.717) is 6.04 Å². The summed E-state index contributed by atoms with van der Waals surface area (Å²) in [6.45, 7) is 18.1. The van der Waals surface area contributed by atoms with Crippen LogP contribution in [0.5, 0.6) is 0 Å². The molecule has 0 aliphatic rings.